The van der Waals surface area contributed by atoms with E-state index in [9.17, 15) is 4.79 Å². The van der Waals surface area contributed by atoms with Crippen molar-refractivity contribution in [1.29, 1.82) is 0 Å². The Balaban J connectivity index is 1.36. The number of tetrazole rings is 1. The number of piperazine rings is 1. The zero-order valence-electron chi connectivity index (χ0n) is 22.6. The average Bonchev–Trinajstić information content (AvgIpc) is 3.45. The lowest BCUT2D eigenvalue weighted by molar-refractivity contribution is 0.0610. The van der Waals surface area contributed by atoms with Crippen LogP contribution in [0.4, 0.5) is 0 Å². The van der Waals surface area contributed by atoms with E-state index in [-0.39, 0.29) is 11.6 Å². The molecule has 3 aromatic rings. The van der Waals surface area contributed by atoms with E-state index in [2.05, 4.69) is 30.3 Å². The topological polar surface area (TPSA) is 92.2 Å². The van der Waals surface area contributed by atoms with Gasteiger partial charge in [-0.1, -0.05) is 38.5 Å². The van der Waals surface area contributed by atoms with Gasteiger partial charge >= 0.3 is 0 Å². The Morgan fingerprint density at radius 1 is 0.947 bits per heavy atom. The van der Waals surface area contributed by atoms with E-state index in [0.717, 1.165) is 61.5 Å². The van der Waals surface area contributed by atoms with Gasteiger partial charge in [-0.3, -0.25) is 14.6 Å². The zero-order chi connectivity index (χ0) is 25.9. The van der Waals surface area contributed by atoms with Gasteiger partial charge in [0.1, 0.15) is 11.8 Å². The second kappa shape index (κ2) is 11.5. The van der Waals surface area contributed by atoms with E-state index in [4.69, 9.17) is 4.74 Å². The summed E-state index contributed by atoms with van der Waals surface area (Å²) in [6.07, 6.45) is 12.5. The SMILES string of the molecule is CCOc1ccc2[nH]c(=O)c([C@H](c3nnnn3C3CCCCC3)N3CCN(C4CCCCC4)CC3)cc2c1. The summed E-state index contributed by atoms with van der Waals surface area (Å²) in [5.41, 5.74) is 1.46. The molecule has 2 saturated carbocycles. The number of hydrogen-bond acceptors (Lipinski definition) is 7. The molecule has 38 heavy (non-hydrogen) atoms. The maximum Gasteiger partial charge on any atom is 0.253 e. The zero-order valence-corrected chi connectivity index (χ0v) is 22.6. The predicted molar refractivity (Wildman–Crippen MR) is 148 cm³/mol. The quantitative estimate of drug-likeness (QED) is 0.493. The molecule has 1 aromatic carbocycles. The van der Waals surface area contributed by atoms with Crippen molar-refractivity contribution in [2.75, 3.05) is 32.8 Å². The number of rotatable bonds is 7. The van der Waals surface area contributed by atoms with Gasteiger partial charge in [-0.15, -0.1) is 5.10 Å². The molecule has 3 heterocycles. The highest BCUT2D eigenvalue weighted by Crippen LogP contribution is 2.34. The summed E-state index contributed by atoms with van der Waals surface area (Å²) in [7, 11) is 0. The van der Waals surface area contributed by atoms with Crippen LogP contribution in [0.25, 0.3) is 10.9 Å². The summed E-state index contributed by atoms with van der Waals surface area (Å²) in [6.45, 7) is 6.42. The molecule has 3 aliphatic rings. The Labute approximate surface area is 224 Å². The molecule has 1 aliphatic heterocycles. The van der Waals surface area contributed by atoms with Crippen molar-refractivity contribution in [3.63, 3.8) is 0 Å². The molecule has 0 amide bonds. The van der Waals surface area contributed by atoms with Gasteiger partial charge in [0.15, 0.2) is 5.82 Å². The third-order valence-corrected chi connectivity index (χ3v) is 8.94. The minimum absolute atomic E-state index is 0.0698. The highest BCUT2D eigenvalue weighted by atomic mass is 16.5. The number of ether oxygens (including phenoxy) is 1. The Bertz CT molecular complexity index is 1270. The fraction of sp³-hybridized carbons (Fsp3) is 0.655. The Hall–Kier alpha value is -2.78. The van der Waals surface area contributed by atoms with E-state index in [1.54, 1.807) is 0 Å². The first-order valence-electron chi connectivity index (χ1n) is 14.8. The number of H-pyrrole nitrogens is 1. The summed E-state index contributed by atoms with van der Waals surface area (Å²) in [4.78, 5) is 21.9. The number of aromatic nitrogens is 5. The van der Waals surface area contributed by atoms with E-state index < -0.39 is 0 Å². The lowest BCUT2D eigenvalue weighted by Gasteiger charge is -2.43. The number of pyridine rings is 1. The minimum Gasteiger partial charge on any atom is -0.494 e. The maximum atomic E-state index is 13.6. The van der Waals surface area contributed by atoms with Crippen LogP contribution < -0.4 is 10.3 Å². The fourth-order valence-electron chi connectivity index (χ4n) is 6.93. The molecule has 9 nitrogen and oxygen atoms in total. The Morgan fingerprint density at radius 2 is 1.66 bits per heavy atom. The lowest BCUT2D eigenvalue weighted by atomic mass is 9.93. The van der Waals surface area contributed by atoms with Crippen molar-refractivity contribution >= 4 is 10.9 Å². The summed E-state index contributed by atoms with van der Waals surface area (Å²) in [5, 5.41) is 14.2. The first-order valence-corrected chi connectivity index (χ1v) is 14.8. The van der Waals surface area contributed by atoms with Gasteiger partial charge in [0.25, 0.3) is 5.56 Å². The molecule has 2 aliphatic carbocycles. The van der Waals surface area contributed by atoms with Gasteiger partial charge in [-0.2, -0.15) is 0 Å². The Morgan fingerprint density at radius 3 is 2.37 bits per heavy atom. The molecule has 1 atom stereocenters. The molecule has 1 saturated heterocycles. The summed E-state index contributed by atoms with van der Waals surface area (Å²) >= 11 is 0. The minimum atomic E-state index is -0.288. The first-order chi connectivity index (χ1) is 18.7. The number of hydrogen-bond donors (Lipinski definition) is 1. The fourth-order valence-corrected chi connectivity index (χ4v) is 6.93. The van der Waals surface area contributed by atoms with Crippen LogP contribution in [0.5, 0.6) is 5.75 Å². The average molecular weight is 520 g/mol. The van der Waals surface area contributed by atoms with Crippen LogP contribution in [-0.2, 0) is 0 Å². The van der Waals surface area contributed by atoms with Gasteiger partial charge in [0.2, 0.25) is 0 Å². The van der Waals surface area contributed by atoms with Crippen molar-refractivity contribution in [3.8, 4) is 5.75 Å². The van der Waals surface area contributed by atoms with Gasteiger partial charge < -0.3 is 9.72 Å². The molecule has 2 aromatic heterocycles. The van der Waals surface area contributed by atoms with Crippen LogP contribution in [-0.4, -0.2) is 73.8 Å². The molecule has 0 bridgehead atoms. The van der Waals surface area contributed by atoms with Crippen LogP contribution in [0.2, 0.25) is 0 Å². The van der Waals surface area contributed by atoms with Gasteiger partial charge in [0, 0.05) is 48.7 Å². The van der Waals surface area contributed by atoms with Crippen LogP contribution in [0.15, 0.2) is 29.1 Å². The second-order valence-corrected chi connectivity index (χ2v) is 11.3. The first kappa shape index (κ1) is 25.5. The molecule has 0 unspecified atom stereocenters. The molecule has 0 spiro atoms. The van der Waals surface area contributed by atoms with Crippen molar-refractivity contribution in [3.05, 3.63) is 46.0 Å². The highest BCUT2D eigenvalue weighted by molar-refractivity contribution is 5.80. The maximum absolute atomic E-state index is 13.6. The van der Waals surface area contributed by atoms with Crippen molar-refractivity contribution in [2.24, 2.45) is 0 Å². The van der Waals surface area contributed by atoms with Gasteiger partial charge in [0.05, 0.1) is 12.6 Å². The third-order valence-electron chi connectivity index (χ3n) is 8.94. The number of nitrogens with zero attached hydrogens (tertiary/aromatic N) is 6. The van der Waals surface area contributed by atoms with Gasteiger partial charge in [-0.05, 0) is 67.3 Å². The van der Waals surface area contributed by atoms with Crippen LogP contribution in [0.3, 0.4) is 0 Å². The second-order valence-electron chi connectivity index (χ2n) is 11.3. The number of aromatic amines is 1. The van der Waals surface area contributed by atoms with E-state index in [1.165, 1.54) is 51.4 Å². The van der Waals surface area contributed by atoms with Crippen LogP contribution >= 0.6 is 0 Å². The standard InChI is InChI=1S/C29H41N7O2/c1-2-38-24-13-14-26-21(19-24)20-25(29(37)30-26)27(28-31-32-33-36(28)23-11-7-4-8-12-23)35-17-15-34(16-18-35)22-9-5-3-6-10-22/h13-14,19-20,22-23,27H,2-12,15-18H2,1H3,(H,30,37)/t27-/m1/s1. The molecule has 0 radical (unpaired) electrons. The third kappa shape index (κ3) is 5.23. The number of benzene rings is 1. The molecular formula is C29H41N7O2. The normalized spacial score (nSPS) is 21.6. The number of fused-ring (bicyclic) bond motifs is 1. The molecule has 204 valence electrons. The van der Waals surface area contributed by atoms with Crippen LogP contribution in [0.1, 0.15) is 94.6 Å². The highest BCUT2D eigenvalue weighted by Gasteiger charge is 2.35. The molecule has 6 rings (SSSR count). The van der Waals surface area contributed by atoms with E-state index in [1.807, 2.05) is 35.9 Å². The summed E-state index contributed by atoms with van der Waals surface area (Å²) in [5.74, 6) is 1.61. The smallest absolute Gasteiger partial charge is 0.253 e. The van der Waals surface area contributed by atoms with Crippen molar-refractivity contribution in [1.82, 2.24) is 35.0 Å². The van der Waals surface area contributed by atoms with Crippen molar-refractivity contribution < 1.29 is 4.74 Å². The Kier molecular flexibility index (Phi) is 7.74. The lowest BCUT2D eigenvalue weighted by Crippen LogP contribution is -2.52. The summed E-state index contributed by atoms with van der Waals surface area (Å²) in [6, 6.07) is 8.60. The largest absolute Gasteiger partial charge is 0.494 e. The van der Waals surface area contributed by atoms with E-state index in [0.29, 0.717) is 24.3 Å². The van der Waals surface area contributed by atoms with Crippen LogP contribution in [0, 0.1) is 0 Å². The van der Waals surface area contributed by atoms with E-state index >= 15 is 0 Å². The predicted octanol–water partition coefficient (Wildman–Crippen LogP) is 4.46. The molecular weight excluding hydrogens is 478 g/mol. The molecule has 1 N–H and O–H groups in total. The monoisotopic (exact) mass is 519 g/mol. The number of nitrogens with one attached hydrogen (secondary N) is 1. The van der Waals surface area contributed by atoms with Gasteiger partial charge in [-0.25, -0.2) is 4.68 Å². The van der Waals surface area contributed by atoms with Crippen molar-refractivity contribution in [2.45, 2.75) is 89.3 Å². The molecule has 3 fully saturated rings. The molecule has 9 heteroatoms. The summed E-state index contributed by atoms with van der Waals surface area (Å²) < 4.78 is 7.80.